The lowest BCUT2D eigenvalue weighted by molar-refractivity contribution is 0.0851. The lowest BCUT2D eigenvalue weighted by Gasteiger charge is -2.44. The van der Waals surface area contributed by atoms with E-state index in [9.17, 15) is 0 Å². The molecule has 2 bridgehead atoms. The number of fused-ring (bicyclic) bond motifs is 3. The van der Waals surface area contributed by atoms with Gasteiger partial charge in [0.25, 0.3) is 0 Å². The Labute approximate surface area is 103 Å². The van der Waals surface area contributed by atoms with Gasteiger partial charge >= 0.3 is 0 Å². The van der Waals surface area contributed by atoms with Crippen LogP contribution in [0.3, 0.4) is 0 Å². The summed E-state index contributed by atoms with van der Waals surface area (Å²) in [6, 6.07) is 6.19. The molecule has 0 amide bonds. The van der Waals surface area contributed by atoms with Gasteiger partial charge in [-0.3, -0.25) is 0 Å². The predicted octanol–water partition coefficient (Wildman–Crippen LogP) is 2.29. The number of hydrogen-bond acceptors (Lipinski definition) is 3. The van der Waals surface area contributed by atoms with Crippen molar-refractivity contribution in [3.63, 3.8) is 0 Å². The smallest absolute Gasteiger partial charge is 0.213 e. The van der Waals surface area contributed by atoms with E-state index in [1.165, 1.54) is 38.2 Å². The summed E-state index contributed by atoms with van der Waals surface area (Å²) < 4.78 is 5.49. The van der Waals surface area contributed by atoms with Crippen LogP contribution < -0.4 is 4.74 Å². The van der Waals surface area contributed by atoms with Gasteiger partial charge in [0.1, 0.15) is 0 Å². The molecule has 3 saturated heterocycles. The van der Waals surface area contributed by atoms with Crippen LogP contribution in [-0.4, -0.2) is 36.1 Å². The number of pyridine rings is 1. The maximum atomic E-state index is 5.49. The maximum Gasteiger partial charge on any atom is 0.213 e. The fraction of sp³-hybridized carbons (Fsp3) is 0.643. The molecule has 3 nitrogen and oxygen atoms in total. The molecule has 92 valence electrons. The van der Waals surface area contributed by atoms with E-state index in [-0.39, 0.29) is 0 Å². The van der Waals surface area contributed by atoms with E-state index in [2.05, 4.69) is 22.0 Å². The van der Waals surface area contributed by atoms with Gasteiger partial charge in [-0.05, 0) is 44.8 Å². The highest BCUT2D eigenvalue weighted by Crippen LogP contribution is 2.38. The summed E-state index contributed by atoms with van der Waals surface area (Å²) in [5.41, 5.74) is 1.23. The fourth-order valence-corrected chi connectivity index (χ4v) is 3.17. The van der Waals surface area contributed by atoms with Gasteiger partial charge < -0.3 is 9.64 Å². The second-order valence-electron chi connectivity index (χ2n) is 5.08. The van der Waals surface area contributed by atoms with Crippen molar-refractivity contribution >= 4 is 0 Å². The van der Waals surface area contributed by atoms with E-state index in [0.717, 1.165) is 11.8 Å². The Bertz CT molecular complexity index is 386. The zero-order valence-corrected chi connectivity index (χ0v) is 10.4. The minimum absolute atomic E-state index is 0.623. The summed E-state index contributed by atoms with van der Waals surface area (Å²) in [5.74, 6) is 2.24. The van der Waals surface area contributed by atoms with Gasteiger partial charge in [-0.1, -0.05) is 6.07 Å². The van der Waals surface area contributed by atoms with E-state index in [1.54, 1.807) is 0 Å². The van der Waals surface area contributed by atoms with Crippen molar-refractivity contribution in [3.05, 3.63) is 23.9 Å². The molecule has 1 aromatic rings. The number of piperidine rings is 3. The summed E-state index contributed by atoms with van der Waals surface area (Å²) in [7, 11) is 0. The molecule has 1 aromatic heterocycles. The second-order valence-corrected chi connectivity index (χ2v) is 5.08. The van der Waals surface area contributed by atoms with Crippen LogP contribution in [0.1, 0.15) is 31.4 Å². The molecular weight excluding hydrogens is 212 g/mol. The summed E-state index contributed by atoms with van der Waals surface area (Å²) in [6.07, 6.45) is 2.68. The predicted molar refractivity (Wildman–Crippen MR) is 67.3 cm³/mol. The van der Waals surface area contributed by atoms with Crippen molar-refractivity contribution < 1.29 is 4.74 Å². The monoisotopic (exact) mass is 232 g/mol. The third kappa shape index (κ3) is 2.16. The summed E-state index contributed by atoms with van der Waals surface area (Å²) in [5, 5.41) is 0. The van der Waals surface area contributed by atoms with Gasteiger partial charge in [0, 0.05) is 24.2 Å². The van der Waals surface area contributed by atoms with Gasteiger partial charge in [0.2, 0.25) is 5.88 Å². The molecule has 0 aromatic carbocycles. The number of ether oxygens (including phenoxy) is 1. The standard InChI is InChI=1S/C14H20N2O/c1-2-17-14-5-3-4-13(15-14)12-10-16-8-6-11(12)7-9-16/h3-5,11-12H,2,6-10H2,1H3. The Hall–Kier alpha value is -1.09. The molecule has 3 aliphatic rings. The van der Waals surface area contributed by atoms with Crippen LogP contribution in [0.15, 0.2) is 18.2 Å². The molecule has 3 fully saturated rings. The Morgan fingerprint density at radius 2 is 2.18 bits per heavy atom. The first-order valence-corrected chi connectivity index (χ1v) is 6.69. The lowest BCUT2D eigenvalue weighted by atomic mass is 9.77. The molecule has 3 heteroatoms. The minimum atomic E-state index is 0.623. The Kier molecular flexibility index (Phi) is 3.02. The van der Waals surface area contributed by atoms with Crippen LogP contribution in [0.5, 0.6) is 5.88 Å². The van der Waals surface area contributed by atoms with Crippen LogP contribution in [0.2, 0.25) is 0 Å². The quantitative estimate of drug-likeness (QED) is 0.799. The van der Waals surface area contributed by atoms with E-state index in [4.69, 9.17) is 4.74 Å². The molecule has 4 heterocycles. The number of hydrogen-bond donors (Lipinski definition) is 0. The van der Waals surface area contributed by atoms with Gasteiger partial charge in [-0.2, -0.15) is 0 Å². The van der Waals surface area contributed by atoms with Crippen molar-refractivity contribution in [2.24, 2.45) is 5.92 Å². The summed E-state index contributed by atoms with van der Waals surface area (Å²) >= 11 is 0. The van der Waals surface area contributed by atoms with Crippen molar-refractivity contribution in [1.82, 2.24) is 9.88 Å². The average molecular weight is 232 g/mol. The summed E-state index contributed by atoms with van der Waals surface area (Å²) in [6.45, 7) is 6.45. The zero-order chi connectivity index (χ0) is 11.7. The number of rotatable bonds is 3. The zero-order valence-electron chi connectivity index (χ0n) is 10.4. The van der Waals surface area contributed by atoms with E-state index < -0.39 is 0 Å². The molecule has 4 rings (SSSR count). The second kappa shape index (κ2) is 4.65. The molecule has 1 atom stereocenters. The summed E-state index contributed by atoms with van der Waals surface area (Å²) in [4.78, 5) is 7.23. The van der Waals surface area contributed by atoms with Crippen LogP contribution in [0, 0.1) is 5.92 Å². The van der Waals surface area contributed by atoms with E-state index in [1.807, 2.05) is 13.0 Å². The first-order chi connectivity index (χ1) is 8.36. The minimum Gasteiger partial charge on any atom is -0.478 e. The van der Waals surface area contributed by atoms with Gasteiger partial charge in [-0.25, -0.2) is 4.98 Å². The third-order valence-corrected chi connectivity index (χ3v) is 4.07. The van der Waals surface area contributed by atoms with Gasteiger partial charge in [0.15, 0.2) is 0 Å². The first kappa shape index (κ1) is 11.0. The van der Waals surface area contributed by atoms with Gasteiger partial charge in [0.05, 0.1) is 6.61 Å². The van der Waals surface area contributed by atoms with Crippen LogP contribution >= 0.6 is 0 Å². The molecule has 3 aliphatic heterocycles. The largest absolute Gasteiger partial charge is 0.478 e. The molecular formula is C14H20N2O. The Morgan fingerprint density at radius 1 is 1.35 bits per heavy atom. The topological polar surface area (TPSA) is 25.4 Å². The SMILES string of the molecule is CCOc1cccc(C2CN3CCC2CC3)n1. The van der Waals surface area contributed by atoms with Crippen LogP contribution in [-0.2, 0) is 0 Å². The Morgan fingerprint density at radius 3 is 2.82 bits per heavy atom. The van der Waals surface area contributed by atoms with Crippen molar-refractivity contribution in [3.8, 4) is 5.88 Å². The highest BCUT2D eigenvalue weighted by molar-refractivity contribution is 5.21. The highest BCUT2D eigenvalue weighted by atomic mass is 16.5. The van der Waals surface area contributed by atoms with E-state index >= 15 is 0 Å². The lowest BCUT2D eigenvalue weighted by Crippen LogP contribution is -2.46. The first-order valence-electron chi connectivity index (χ1n) is 6.69. The van der Waals surface area contributed by atoms with Crippen molar-refractivity contribution in [2.75, 3.05) is 26.2 Å². The highest BCUT2D eigenvalue weighted by Gasteiger charge is 2.35. The molecule has 0 saturated carbocycles. The van der Waals surface area contributed by atoms with Gasteiger partial charge in [-0.15, -0.1) is 0 Å². The average Bonchev–Trinajstić information content (AvgIpc) is 2.41. The molecule has 17 heavy (non-hydrogen) atoms. The normalized spacial score (nSPS) is 31.5. The fourth-order valence-electron chi connectivity index (χ4n) is 3.17. The molecule has 1 unspecified atom stereocenters. The Balaban J connectivity index is 1.81. The third-order valence-electron chi connectivity index (χ3n) is 4.07. The van der Waals surface area contributed by atoms with Crippen molar-refractivity contribution in [2.45, 2.75) is 25.7 Å². The molecule has 0 N–H and O–H groups in total. The molecule has 0 aliphatic carbocycles. The van der Waals surface area contributed by atoms with Crippen LogP contribution in [0.4, 0.5) is 0 Å². The molecule has 0 radical (unpaired) electrons. The molecule has 0 spiro atoms. The maximum absolute atomic E-state index is 5.49. The number of nitrogens with zero attached hydrogens (tertiary/aromatic N) is 2. The number of aromatic nitrogens is 1. The van der Waals surface area contributed by atoms with E-state index in [0.29, 0.717) is 12.5 Å². The van der Waals surface area contributed by atoms with Crippen LogP contribution in [0.25, 0.3) is 0 Å². The van der Waals surface area contributed by atoms with Crippen molar-refractivity contribution in [1.29, 1.82) is 0 Å².